The Morgan fingerprint density at radius 3 is 2.65 bits per heavy atom. The van der Waals surface area contributed by atoms with Gasteiger partial charge < -0.3 is 10.3 Å². The van der Waals surface area contributed by atoms with Crippen molar-refractivity contribution in [1.82, 2.24) is 19.9 Å². The SMILES string of the molecule is CCCC(Nc1nc(-c2c[nH]c3ncc(F)cc23)ncc1F)C(C)(C)C. The number of aromatic amines is 1. The van der Waals surface area contributed by atoms with E-state index in [0.717, 1.165) is 25.2 Å². The van der Waals surface area contributed by atoms with E-state index < -0.39 is 11.6 Å². The maximum atomic E-state index is 14.3. The number of hydrogen-bond donors (Lipinski definition) is 2. The molecule has 2 N–H and O–H groups in total. The molecule has 138 valence electrons. The first-order chi connectivity index (χ1) is 12.3. The largest absolute Gasteiger partial charge is 0.364 e. The summed E-state index contributed by atoms with van der Waals surface area (Å²) in [6, 6.07) is 1.43. The molecule has 0 fully saturated rings. The van der Waals surface area contributed by atoms with Crippen molar-refractivity contribution in [2.75, 3.05) is 5.32 Å². The molecule has 1 atom stereocenters. The van der Waals surface area contributed by atoms with Crippen molar-refractivity contribution in [3.8, 4) is 11.4 Å². The van der Waals surface area contributed by atoms with Crippen LogP contribution in [0.5, 0.6) is 0 Å². The molecule has 0 radical (unpaired) electrons. The normalized spacial score (nSPS) is 13.2. The van der Waals surface area contributed by atoms with Gasteiger partial charge in [-0.25, -0.2) is 23.7 Å². The second kappa shape index (κ2) is 6.97. The lowest BCUT2D eigenvalue weighted by Crippen LogP contribution is -2.34. The van der Waals surface area contributed by atoms with E-state index in [1.54, 1.807) is 6.20 Å². The van der Waals surface area contributed by atoms with Gasteiger partial charge in [-0.2, -0.15) is 0 Å². The lowest BCUT2D eigenvalue weighted by Gasteiger charge is -2.32. The lowest BCUT2D eigenvalue weighted by atomic mass is 9.84. The smallest absolute Gasteiger partial charge is 0.183 e. The molecule has 0 aliphatic heterocycles. The minimum Gasteiger partial charge on any atom is -0.364 e. The number of pyridine rings is 1. The number of aromatic nitrogens is 4. The van der Waals surface area contributed by atoms with E-state index in [2.05, 4.69) is 52.9 Å². The van der Waals surface area contributed by atoms with Crippen LogP contribution in [0.4, 0.5) is 14.6 Å². The van der Waals surface area contributed by atoms with E-state index in [9.17, 15) is 8.78 Å². The van der Waals surface area contributed by atoms with Crippen molar-refractivity contribution in [1.29, 1.82) is 0 Å². The van der Waals surface area contributed by atoms with Gasteiger partial charge in [0, 0.05) is 23.2 Å². The van der Waals surface area contributed by atoms with E-state index >= 15 is 0 Å². The summed E-state index contributed by atoms with van der Waals surface area (Å²) in [6.07, 6.45) is 5.80. The van der Waals surface area contributed by atoms with E-state index in [-0.39, 0.29) is 17.3 Å². The molecule has 5 nitrogen and oxygen atoms in total. The minimum atomic E-state index is -0.511. The first-order valence-electron chi connectivity index (χ1n) is 8.71. The molecule has 0 aliphatic carbocycles. The van der Waals surface area contributed by atoms with Crippen LogP contribution in [0.25, 0.3) is 22.4 Å². The number of nitrogens with zero attached hydrogens (tertiary/aromatic N) is 3. The van der Waals surface area contributed by atoms with Gasteiger partial charge in [0.2, 0.25) is 0 Å². The fourth-order valence-electron chi connectivity index (χ4n) is 2.94. The summed E-state index contributed by atoms with van der Waals surface area (Å²) in [4.78, 5) is 15.4. The average Bonchev–Trinajstić information content (AvgIpc) is 2.98. The molecule has 3 rings (SSSR count). The number of anilines is 1. The quantitative estimate of drug-likeness (QED) is 0.678. The Morgan fingerprint density at radius 1 is 1.19 bits per heavy atom. The summed E-state index contributed by atoms with van der Waals surface area (Å²) in [7, 11) is 0. The second-order valence-corrected chi connectivity index (χ2v) is 7.49. The van der Waals surface area contributed by atoms with Crippen LogP contribution in [0.1, 0.15) is 40.5 Å². The highest BCUT2D eigenvalue weighted by Crippen LogP contribution is 2.29. The summed E-state index contributed by atoms with van der Waals surface area (Å²) in [5, 5.41) is 3.78. The standard InChI is InChI=1S/C19H23F2N5/c1-5-6-15(19(2,3)4)25-18-14(21)10-24-17(26-18)13-9-23-16-12(13)7-11(20)8-22-16/h7-10,15H,5-6H2,1-4H3,(H,22,23)(H,24,25,26). The Hall–Kier alpha value is -2.57. The van der Waals surface area contributed by atoms with E-state index in [4.69, 9.17) is 0 Å². The molecule has 0 aliphatic rings. The number of rotatable bonds is 5. The van der Waals surface area contributed by atoms with Crippen LogP contribution >= 0.6 is 0 Å². The van der Waals surface area contributed by atoms with Gasteiger partial charge >= 0.3 is 0 Å². The molecule has 0 bridgehead atoms. The molecule has 0 amide bonds. The molecule has 3 aromatic heterocycles. The van der Waals surface area contributed by atoms with Gasteiger partial charge in [0.25, 0.3) is 0 Å². The number of nitrogens with one attached hydrogen (secondary N) is 2. The van der Waals surface area contributed by atoms with Gasteiger partial charge in [0.1, 0.15) is 11.5 Å². The zero-order chi connectivity index (χ0) is 18.9. The predicted octanol–water partition coefficient (Wildman–Crippen LogP) is 4.92. The van der Waals surface area contributed by atoms with Crippen molar-refractivity contribution in [2.24, 2.45) is 5.41 Å². The third kappa shape index (κ3) is 3.66. The van der Waals surface area contributed by atoms with Crippen LogP contribution in [0.15, 0.2) is 24.7 Å². The molecule has 26 heavy (non-hydrogen) atoms. The molecule has 3 aromatic rings. The Balaban J connectivity index is 2.00. The molecule has 7 heteroatoms. The number of halogens is 2. The van der Waals surface area contributed by atoms with E-state index in [0.29, 0.717) is 22.4 Å². The first-order valence-corrected chi connectivity index (χ1v) is 8.71. The Labute approximate surface area is 151 Å². The summed E-state index contributed by atoms with van der Waals surface area (Å²) in [6.45, 7) is 8.41. The molecule has 0 saturated heterocycles. The van der Waals surface area contributed by atoms with Crippen LogP contribution in [-0.4, -0.2) is 26.0 Å². The molecule has 3 heterocycles. The van der Waals surface area contributed by atoms with Crippen LogP contribution in [0.2, 0.25) is 0 Å². The van der Waals surface area contributed by atoms with Gasteiger partial charge in [-0.3, -0.25) is 0 Å². The number of H-pyrrole nitrogens is 1. The van der Waals surface area contributed by atoms with Gasteiger partial charge in [-0.05, 0) is 17.9 Å². The van der Waals surface area contributed by atoms with E-state index in [1.165, 1.54) is 6.07 Å². The molecular weight excluding hydrogens is 336 g/mol. The monoisotopic (exact) mass is 359 g/mol. The van der Waals surface area contributed by atoms with Crippen molar-refractivity contribution in [2.45, 2.75) is 46.6 Å². The van der Waals surface area contributed by atoms with Gasteiger partial charge in [-0.15, -0.1) is 0 Å². The van der Waals surface area contributed by atoms with E-state index in [1.807, 2.05) is 0 Å². The highest BCUT2D eigenvalue weighted by Gasteiger charge is 2.25. The van der Waals surface area contributed by atoms with Crippen LogP contribution < -0.4 is 5.32 Å². The third-order valence-electron chi connectivity index (χ3n) is 4.42. The van der Waals surface area contributed by atoms with Crippen LogP contribution in [0, 0.1) is 17.0 Å². The minimum absolute atomic E-state index is 0.0542. The Morgan fingerprint density at radius 2 is 1.96 bits per heavy atom. The fourth-order valence-corrected chi connectivity index (χ4v) is 2.94. The van der Waals surface area contributed by atoms with Gasteiger partial charge in [0.15, 0.2) is 17.5 Å². The van der Waals surface area contributed by atoms with Crippen molar-refractivity contribution < 1.29 is 8.78 Å². The maximum absolute atomic E-state index is 14.3. The highest BCUT2D eigenvalue weighted by atomic mass is 19.1. The summed E-state index contributed by atoms with van der Waals surface area (Å²) in [5.74, 6) is -0.489. The zero-order valence-corrected chi connectivity index (χ0v) is 15.4. The third-order valence-corrected chi connectivity index (χ3v) is 4.42. The average molecular weight is 359 g/mol. The number of fused-ring (bicyclic) bond motifs is 1. The summed E-state index contributed by atoms with van der Waals surface area (Å²) < 4.78 is 27.9. The number of hydrogen-bond acceptors (Lipinski definition) is 4. The molecule has 0 spiro atoms. The second-order valence-electron chi connectivity index (χ2n) is 7.49. The molecular formula is C19H23F2N5. The lowest BCUT2D eigenvalue weighted by molar-refractivity contribution is 0.322. The van der Waals surface area contributed by atoms with Gasteiger partial charge in [0.05, 0.1) is 12.4 Å². The molecule has 1 unspecified atom stereocenters. The predicted molar refractivity (Wildman–Crippen MR) is 98.8 cm³/mol. The maximum Gasteiger partial charge on any atom is 0.183 e. The zero-order valence-electron chi connectivity index (χ0n) is 15.4. The fraction of sp³-hybridized carbons (Fsp3) is 0.421. The van der Waals surface area contributed by atoms with Gasteiger partial charge in [-0.1, -0.05) is 34.1 Å². The molecule has 0 saturated carbocycles. The Kier molecular flexibility index (Phi) is 4.89. The first kappa shape index (κ1) is 18.2. The van der Waals surface area contributed by atoms with Crippen molar-refractivity contribution >= 4 is 16.9 Å². The van der Waals surface area contributed by atoms with Crippen LogP contribution in [0.3, 0.4) is 0 Å². The summed E-state index contributed by atoms with van der Waals surface area (Å²) >= 11 is 0. The van der Waals surface area contributed by atoms with Crippen LogP contribution in [-0.2, 0) is 0 Å². The topological polar surface area (TPSA) is 66.5 Å². The Bertz CT molecular complexity index is 914. The highest BCUT2D eigenvalue weighted by molar-refractivity contribution is 5.91. The summed E-state index contributed by atoms with van der Waals surface area (Å²) in [5.41, 5.74) is 1.06. The van der Waals surface area contributed by atoms with Crippen molar-refractivity contribution in [3.63, 3.8) is 0 Å². The van der Waals surface area contributed by atoms with Crippen molar-refractivity contribution in [3.05, 3.63) is 36.3 Å². The molecule has 0 aromatic carbocycles.